The van der Waals surface area contributed by atoms with Crippen LogP contribution < -0.4 is 16.2 Å². The van der Waals surface area contributed by atoms with Crippen molar-refractivity contribution in [3.63, 3.8) is 0 Å². The van der Waals surface area contributed by atoms with Crippen molar-refractivity contribution in [2.45, 2.75) is 52.0 Å². The van der Waals surface area contributed by atoms with E-state index in [-0.39, 0.29) is 6.54 Å². The number of rotatable bonds is 10. The van der Waals surface area contributed by atoms with Crippen molar-refractivity contribution in [2.75, 3.05) is 19.8 Å². The largest absolute Gasteiger partial charge is 0.494 e. The molecule has 166 valence electrons. The highest BCUT2D eigenvalue weighted by atomic mass is 16.5. The fourth-order valence-electron chi connectivity index (χ4n) is 3.89. The number of aryl methyl sites for hydroxylation is 3. The third-order valence-corrected chi connectivity index (χ3v) is 5.56. The number of nitrogens with two attached hydrogens (primary N) is 2. The number of hydrogen-bond donors (Lipinski definition) is 2. The van der Waals surface area contributed by atoms with Gasteiger partial charge in [0.2, 0.25) is 0 Å². The summed E-state index contributed by atoms with van der Waals surface area (Å²) in [6.45, 7) is 5.44. The highest BCUT2D eigenvalue weighted by molar-refractivity contribution is 5.85. The maximum absolute atomic E-state index is 11.4. The number of hydrogen-bond acceptors (Lipinski definition) is 5. The summed E-state index contributed by atoms with van der Waals surface area (Å²) in [5.41, 5.74) is 18.8. The number of ether oxygens (including phenoxy) is 2. The lowest BCUT2D eigenvalue weighted by Crippen LogP contribution is -2.39. The van der Waals surface area contributed by atoms with Gasteiger partial charge in [-0.2, -0.15) is 0 Å². The van der Waals surface area contributed by atoms with Gasteiger partial charge < -0.3 is 20.9 Å². The average molecular weight is 423 g/mol. The van der Waals surface area contributed by atoms with Gasteiger partial charge in [-0.1, -0.05) is 41.5 Å². The Morgan fingerprint density at radius 2 is 1.74 bits per heavy atom. The van der Waals surface area contributed by atoms with Gasteiger partial charge >= 0.3 is 5.97 Å². The molecule has 1 aliphatic carbocycles. The molecule has 2 aromatic rings. The zero-order valence-corrected chi connectivity index (χ0v) is 18.7. The Labute approximate surface area is 185 Å². The molecule has 3 rings (SSSR count). The lowest BCUT2D eigenvalue weighted by molar-refractivity contribution is -0.145. The molecule has 4 N–H and O–H groups in total. The summed E-state index contributed by atoms with van der Waals surface area (Å²) in [6.07, 6.45) is 7.03. The predicted molar refractivity (Wildman–Crippen MR) is 126 cm³/mol. The zero-order valence-electron chi connectivity index (χ0n) is 18.7. The molecule has 0 aromatic heterocycles. The van der Waals surface area contributed by atoms with E-state index in [1.54, 1.807) is 0 Å². The lowest BCUT2D eigenvalue weighted by atomic mass is 9.87. The molecule has 0 amide bonds. The highest BCUT2D eigenvalue weighted by Gasteiger charge is 2.14. The molecule has 31 heavy (non-hydrogen) atoms. The molecular formula is C26H34N2O3. The van der Waals surface area contributed by atoms with E-state index < -0.39 is 12.0 Å². The Morgan fingerprint density at radius 3 is 2.48 bits per heavy atom. The maximum atomic E-state index is 11.4. The van der Waals surface area contributed by atoms with Gasteiger partial charge in [0.1, 0.15) is 11.8 Å². The second kappa shape index (κ2) is 11.1. The summed E-state index contributed by atoms with van der Waals surface area (Å²) in [7, 11) is 0. The molecule has 2 aromatic carbocycles. The fourth-order valence-corrected chi connectivity index (χ4v) is 3.89. The number of fused-ring (bicyclic) bond motifs is 1. The normalized spacial score (nSPS) is 13.9. The molecular weight excluding hydrogens is 388 g/mol. The van der Waals surface area contributed by atoms with E-state index in [2.05, 4.69) is 56.3 Å². The van der Waals surface area contributed by atoms with Gasteiger partial charge in [-0.05, 0) is 80.3 Å². The minimum absolute atomic E-state index is 0.107. The van der Waals surface area contributed by atoms with Crippen LogP contribution in [0.5, 0.6) is 5.75 Å². The molecule has 0 saturated heterocycles. The third-order valence-electron chi connectivity index (χ3n) is 5.56. The van der Waals surface area contributed by atoms with Gasteiger partial charge in [0.15, 0.2) is 0 Å². The number of unbranched alkanes of at least 4 members (excludes halogenated alkanes) is 2. The van der Waals surface area contributed by atoms with Crippen molar-refractivity contribution >= 4 is 17.6 Å². The first-order valence-electron chi connectivity index (χ1n) is 11.1. The van der Waals surface area contributed by atoms with E-state index in [0.29, 0.717) is 13.2 Å². The van der Waals surface area contributed by atoms with Gasteiger partial charge in [0.25, 0.3) is 0 Å². The van der Waals surface area contributed by atoms with Crippen LogP contribution in [0.25, 0.3) is 11.6 Å². The van der Waals surface area contributed by atoms with Gasteiger partial charge in [-0.25, -0.2) is 0 Å². The Bertz CT molecular complexity index is 916. The van der Waals surface area contributed by atoms with E-state index in [1.807, 2.05) is 0 Å². The highest BCUT2D eigenvalue weighted by Crippen LogP contribution is 2.33. The average Bonchev–Trinajstić information content (AvgIpc) is 2.76. The van der Waals surface area contributed by atoms with E-state index >= 15 is 0 Å². The SMILES string of the molecule is Cc1cc(C)cc(C2=Cc3ccc(OCCCCCOC(=O)C(N)CN)cc3CC2)c1. The monoisotopic (exact) mass is 422 g/mol. The van der Waals surface area contributed by atoms with Gasteiger partial charge in [0.05, 0.1) is 13.2 Å². The summed E-state index contributed by atoms with van der Waals surface area (Å²) >= 11 is 0. The number of esters is 1. The Morgan fingerprint density at radius 1 is 1.00 bits per heavy atom. The molecule has 0 heterocycles. The molecule has 0 fully saturated rings. The van der Waals surface area contributed by atoms with Crippen LogP contribution in [0.15, 0.2) is 36.4 Å². The number of carbonyl (C=O) groups excluding carboxylic acids is 1. The van der Waals surface area contributed by atoms with Crippen molar-refractivity contribution in [2.24, 2.45) is 11.5 Å². The van der Waals surface area contributed by atoms with Gasteiger partial charge in [-0.15, -0.1) is 0 Å². The summed E-state index contributed by atoms with van der Waals surface area (Å²) in [6, 6.07) is 12.4. The molecule has 0 bridgehead atoms. The van der Waals surface area contributed by atoms with Crippen LogP contribution in [-0.4, -0.2) is 31.8 Å². The molecule has 0 saturated carbocycles. The third kappa shape index (κ3) is 6.68. The van der Waals surface area contributed by atoms with Crippen molar-refractivity contribution in [1.82, 2.24) is 0 Å². The number of carbonyl (C=O) groups is 1. The number of allylic oxidation sites excluding steroid dienone is 1. The smallest absolute Gasteiger partial charge is 0.324 e. The number of benzene rings is 2. The molecule has 0 spiro atoms. The standard InChI is InChI=1S/C26H34N2O3/c1-18-12-19(2)14-23(13-18)21-6-7-22-16-24(9-8-20(22)15-21)30-10-4-3-5-11-31-26(29)25(28)17-27/h8-9,12-16,25H,3-7,10-11,17,27-28H2,1-2H3. The molecule has 0 radical (unpaired) electrons. The fraction of sp³-hybridized carbons (Fsp3) is 0.423. The van der Waals surface area contributed by atoms with Gasteiger partial charge in [-0.3, -0.25) is 4.79 Å². The first-order chi connectivity index (χ1) is 15.0. The van der Waals surface area contributed by atoms with Crippen molar-refractivity contribution < 1.29 is 14.3 Å². The second-order valence-corrected chi connectivity index (χ2v) is 8.33. The van der Waals surface area contributed by atoms with E-state index in [9.17, 15) is 4.79 Å². The van der Waals surface area contributed by atoms with E-state index in [1.165, 1.54) is 33.4 Å². The Balaban J connectivity index is 1.45. The van der Waals surface area contributed by atoms with Crippen molar-refractivity contribution in [3.05, 3.63) is 64.2 Å². The van der Waals surface area contributed by atoms with Crippen LogP contribution in [-0.2, 0) is 16.0 Å². The Kier molecular flexibility index (Phi) is 8.27. The van der Waals surface area contributed by atoms with Crippen LogP contribution in [0.1, 0.15) is 53.5 Å². The lowest BCUT2D eigenvalue weighted by Gasteiger charge is -2.19. The predicted octanol–water partition coefficient (Wildman–Crippen LogP) is 4.17. The quantitative estimate of drug-likeness (QED) is 0.443. The second-order valence-electron chi connectivity index (χ2n) is 8.33. The van der Waals surface area contributed by atoms with Gasteiger partial charge in [0, 0.05) is 6.54 Å². The minimum atomic E-state index is -0.723. The summed E-state index contributed by atoms with van der Waals surface area (Å²) < 4.78 is 11.0. The molecule has 1 aliphatic rings. The van der Waals surface area contributed by atoms with E-state index in [4.69, 9.17) is 20.9 Å². The first-order valence-corrected chi connectivity index (χ1v) is 11.1. The molecule has 5 heteroatoms. The topological polar surface area (TPSA) is 87.6 Å². The zero-order chi connectivity index (χ0) is 22.2. The Hall–Kier alpha value is -2.63. The summed E-state index contributed by atoms with van der Waals surface area (Å²) in [4.78, 5) is 11.4. The van der Waals surface area contributed by atoms with E-state index in [0.717, 1.165) is 37.9 Å². The first kappa shape index (κ1) is 23.0. The van der Waals surface area contributed by atoms with Crippen LogP contribution in [0.3, 0.4) is 0 Å². The van der Waals surface area contributed by atoms with Crippen molar-refractivity contribution in [3.8, 4) is 5.75 Å². The summed E-state index contributed by atoms with van der Waals surface area (Å²) in [5, 5.41) is 0. The molecule has 5 nitrogen and oxygen atoms in total. The maximum Gasteiger partial charge on any atom is 0.324 e. The molecule has 0 aliphatic heterocycles. The van der Waals surface area contributed by atoms with Crippen LogP contribution in [0.2, 0.25) is 0 Å². The van der Waals surface area contributed by atoms with Crippen LogP contribution in [0, 0.1) is 13.8 Å². The molecule has 1 atom stereocenters. The van der Waals surface area contributed by atoms with Crippen LogP contribution >= 0.6 is 0 Å². The minimum Gasteiger partial charge on any atom is -0.494 e. The van der Waals surface area contributed by atoms with Crippen molar-refractivity contribution in [1.29, 1.82) is 0 Å². The summed E-state index contributed by atoms with van der Waals surface area (Å²) in [5.74, 6) is 0.491. The van der Waals surface area contributed by atoms with Crippen LogP contribution in [0.4, 0.5) is 0 Å². The molecule has 1 unspecified atom stereocenters.